The average Bonchev–Trinajstić information content (AvgIpc) is 3.43. The lowest BCUT2D eigenvalue weighted by Gasteiger charge is -2.11. The van der Waals surface area contributed by atoms with Crippen LogP contribution >= 0.6 is 46.0 Å². The molecule has 40 heavy (non-hydrogen) atoms. The van der Waals surface area contributed by atoms with Crippen molar-refractivity contribution >= 4 is 73.1 Å². The van der Waals surface area contributed by atoms with Crippen LogP contribution in [0.5, 0.6) is 0 Å². The molecule has 1 amide bonds. The minimum atomic E-state index is -0.399. The van der Waals surface area contributed by atoms with E-state index in [2.05, 4.69) is 11.9 Å². The van der Waals surface area contributed by atoms with Crippen molar-refractivity contribution in [2.45, 2.75) is 50.7 Å². The van der Waals surface area contributed by atoms with Gasteiger partial charge in [-0.15, -0.1) is 29.3 Å². The highest BCUT2D eigenvalue weighted by Crippen LogP contribution is 2.39. The maximum atomic E-state index is 13.6. The number of benzene rings is 1. The second-order valence-corrected chi connectivity index (χ2v) is 12.5. The standard InChI is InChI=1S/C29H28ClN3O4S3/c1-3-14-33-27(35)23-19(17-10-8-9-12-20(17)30)15-38-25(23)32-29(33)39-16-22(34)31-26-24(28(36)37-4-2)18-11-6-5-7-13-21(18)40-26/h3,8-10,12,15H,1,4-7,11,13-14,16H2,2H3,(H,31,34). The van der Waals surface area contributed by atoms with Crippen LogP contribution < -0.4 is 10.9 Å². The van der Waals surface area contributed by atoms with Crippen LogP contribution in [-0.4, -0.2) is 33.8 Å². The smallest absolute Gasteiger partial charge is 0.341 e. The number of nitrogens with zero attached hydrogens (tertiary/aromatic N) is 2. The zero-order chi connectivity index (χ0) is 28.2. The number of nitrogens with one attached hydrogen (secondary N) is 1. The van der Waals surface area contributed by atoms with Crippen LogP contribution in [0.3, 0.4) is 0 Å². The third-order valence-electron chi connectivity index (χ3n) is 6.62. The molecule has 1 N–H and O–H groups in total. The molecule has 0 radical (unpaired) electrons. The van der Waals surface area contributed by atoms with Gasteiger partial charge in [-0.25, -0.2) is 9.78 Å². The van der Waals surface area contributed by atoms with Crippen molar-refractivity contribution in [3.05, 3.63) is 73.7 Å². The lowest BCUT2D eigenvalue weighted by Crippen LogP contribution is -2.23. The van der Waals surface area contributed by atoms with Gasteiger partial charge in [0.05, 0.1) is 23.3 Å². The molecule has 1 aliphatic rings. The number of carbonyl (C=O) groups is 2. The number of aryl methyl sites for hydroxylation is 1. The fourth-order valence-electron chi connectivity index (χ4n) is 4.83. The Morgan fingerprint density at radius 1 is 1.23 bits per heavy atom. The highest BCUT2D eigenvalue weighted by Gasteiger charge is 2.27. The molecular weight excluding hydrogens is 586 g/mol. The summed E-state index contributed by atoms with van der Waals surface area (Å²) in [6, 6.07) is 7.39. The van der Waals surface area contributed by atoms with Crippen LogP contribution in [0.15, 0.2) is 52.3 Å². The highest BCUT2D eigenvalue weighted by molar-refractivity contribution is 7.99. The number of aromatic nitrogens is 2. The van der Waals surface area contributed by atoms with E-state index < -0.39 is 5.97 Å². The van der Waals surface area contributed by atoms with Gasteiger partial charge >= 0.3 is 5.97 Å². The molecule has 0 aliphatic heterocycles. The number of esters is 1. The number of thioether (sulfide) groups is 1. The predicted molar refractivity (Wildman–Crippen MR) is 165 cm³/mol. The maximum Gasteiger partial charge on any atom is 0.341 e. The van der Waals surface area contributed by atoms with E-state index in [1.54, 1.807) is 19.1 Å². The van der Waals surface area contributed by atoms with Gasteiger partial charge in [-0.05, 0) is 44.2 Å². The predicted octanol–water partition coefficient (Wildman–Crippen LogP) is 7.20. The largest absolute Gasteiger partial charge is 0.462 e. The molecule has 4 aromatic rings. The van der Waals surface area contributed by atoms with Gasteiger partial charge < -0.3 is 10.1 Å². The van der Waals surface area contributed by atoms with Crippen LogP contribution in [0.1, 0.15) is 47.0 Å². The first-order chi connectivity index (χ1) is 19.4. The van der Waals surface area contributed by atoms with E-state index in [1.165, 1.54) is 39.0 Å². The first-order valence-electron chi connectivity index (χ1n) is 13.0. The highest BCUT2D eigenvalue weighted by atomic mass is 35.5. The van der Waals surface area contributed by atoms with Crippen LogP contribution in [0.4, 0.5) is 5.00 Å². The molecule has 3 heterocycles. The fourth-order valence-corrected chi connectivity index (χ4v) is 8.15. The summed E-state index contributed by atoms with van der Waals surface area (Å²) in [5, 5.41) is 6.84. The van der Waals surface area contributed by atoms with Gasteiger partial charge in [-0.3, -0.25) is 14.2 Å². The minimum absolute atomic E-state index is 0.0165. The van der Waals surface area contributed by atoms with E-state index in [9.17, 15) is 14.4 Å². The van der Waals surface area contributed by atoms with Crippen molar-refractivity contribution in [2.24, 2.45) is 0 Å². The second-order valence-electron chi connectivity index (χ2n) is 9.23. The summed E-state index contributed by atoms with van der Waals surface area (Å²) in [4.78, 5) is 46.1. The normalized spacial score (nSPS) is 13.1. The molecule has 0 unspecified atom stereocenters. The number of thiophene rings is 2. The third kappa shape index (κ3) is 5.76. The number of hydrogen-bond acceptors (Lipinski definition) is 8. The fraction of sp³-hybridized carbons (Fsp3) is 0.310. The van der Waals surface area contributed by atoms with Gasteiger partial charge in [0.1, 0.15) is 9.83 Å². The van der Waals surface area contributed by atoms with Crippen LogP contribution in [0.25, 0.3) is 21.3 Å². The first kappa shape index (κ1) is 28.6. The lowest BCUT2D eigenvalue weighted by atomic mass is 10.1. The molecule has 0 spiro atoms. The number of ether oxygens (including phenoxy) is 1. The Kier molecular flexibility index (Phi) is 9.10. The van der Waals surface area contributed by atoms with Gasteiger partial charge in [0.25, 0.3) is 5.56 Å². The van der Waals surface area contributed by atoms with E-state index in [4.69, 9.17) is 21.3 Å². The first-order valence-corrected chi connectivity index (χ1v) is 16.1. The Labute approximate surface area is 249 Å². The summed E-state index contributed by atoms with van der Waals surface area (Å²) in [6.45, 7) is 6.08. The molecule has 3 aromatic heterocycles. The molecule has 1 aliphatic carbocycles. The Balaban J connectivity index is 1.41. The molecule has 0 bridgehead atoms. The van der Waals surface area contributed by atoms with Crippen molar-refractivity contribution in [1.29, 1.82) is 0 Å². The van der Waals surface area contributed by atoms with E-state index in [0.29, 0.717) is 31.0 Å². The molecule has 11 heteroatoms. The molecule has 0 fully saturated rings. The van der Waals surface area contributed by atoms with Crippen molar-refractivity contribution in [2.75, 3.05) is 17.7 Å². The Morgan fingerprint density at radius 3 is 2.80 bits per heavy atom. The quantitative estimate of drug-likeness (QED) is 0.0706. The zero-order valence-electron chi connectivity index (χ0n) is 22.0. The summed E-state index contributed by atoms with van der Waals surface area (Å²) >= 11 is 10.4. The zero-order valence-corrected chi connectivity index (χ0v) is 25.2. The second kappa shape index (κ2) is 12.7. The molecule has 208 valence electrons. The summed E-state index contributed by atoms with van der Waals surface area (Å²) in [7, 11) is 0. The summed E-state index contributed by atoms with van der Waals surface area (Å²) in [6.07, 6.45) is 6.52. The monoisotopic (exact) mass is 613 g/mol. The Morgan fingerprint density at radius 2 is 2.02 bits per heavy atom. The molecule has 0 saturated heterocycles. The molecular formula is C29H28ClN3O4S3. The summed E-state index contributed by atoms with van der Waals surface area (Å²) in [5.74, 6) is -0.666. The van der Waals surface area contributed by atoms with Crippen molar-refractivity contribution in [3.63, 3.8) is 0 Å². The molecule has 1 aromatic carbocycles. The van der Waals surface area contributed by atoms with E-state index >= 15 is 0 Å². The Bertz CT molecular complexity index is 1660. The van der Waals surface area contributed by atoms with Crippen molar-refractivity contribution in [3.8, 4) is 11.1 Å². The number of fused-ring (bicyclic) bond motifs is 2. The Hall–Kier alpha value is -2.92. The van der Waals surface area contributed by atoms with Gasteiger partial charge in [0.15, 0.2) is 5.16 Å². The van der Waals surface area contributed by atoms with Crippen LogP contribution in [-0.2, 0) is 28.9 Å². The SMILES string of the molecule is C=CCn1c(SCC(=O)Nc2sc3c(c2C(=O)OCC)CCCCC3)nc2scc(-c3ccccc3Cl)c2c1=O. The topological polar surface area (TPSA) is 90.3 Å². The number of halogens is 1. The molecule has 5 rings (SSSR count). The van der Waals surface area contributed by atoms with Crippen LogP contribution in [0, 0.1) is 0 Å². The number of anilines is 1. The molecule has 7 nitrogen and oxygen atoms in total. The number of rotatable bonds is 9. The van der Waals surface area contributed by atoms with Crippen LogP contribution in [0.2, 0.25) is 5.02 Å². The molecule has 0 saturated carbocycles. The number of hydrogen-bond donors (Lipinski definition) is 1. The number of allylic oxidation sites excluding steroid dienone is 1. The average molecular weight is 614 g/mol. The van der Waals surface area contributed by atoms with Gasteiger partial charge in [0, 0.05) is 33.0 Å². The lowest BCUT2D eigenvalue weighted by molar-refractivity contribution is -0.113. The third-order valence-corrected chi connectivity index (χ3v) is 10.0. The van der Waals surface area contributed by atoms with Crippen molar-refractivity contribution in [1.82, 2.24) is 9.55 Å². The maximum absolute atomic E-state index is 13.6. The summed E-state index contributed by atoms with van der Waals surface area (Å²) in [5.41, 5.74) is 2.78. The van der Waals surface area contributed by atoms with Crippen molar-refractivity contribution < 1.29 is 14.3 Å². The molecule has 0 atom stereocenters. The van der Waals surface area contributed by atoms with Gasteiger partial charge in [0.2, 0.25) is 5.91 Å². The summed E-state index contributed by atoms with van der Waals surface area (Å²) < 4.78 is 6.85. The minimum Gasteiger partial charge on any atom is -0.462 e. The van der Waals surface area contributed by atoms with Gasteiger partial charge in [-0.1, -0.05) is 54.1 Å². The van der Waals surface area contributed by atoms with E-state index in [1.807, 2.05) is 23.6 Å². The van der Waals surface area contributed by atoms with E-state index in [-0.39, 0.29) is 30.4 Å². The number of amides is 1. The van der Waals surface area contributed by atoms with E-state index in [0.717, 1.165) is 53.7 Å². The number of carbonyl (C=O) groups excluding carboxylic acids is 2. The van der Waals surface area contributed by atoms with Gasteiger partial charge in [-0.2, -0.15) is 0 Å².